The van der Waals surface area contributed by atoms with Crippen molar-refractivity contribution in [3.05, 3.63) is 71.0 Å². The molecule has 4 nitrogen and oxygen atoms in total. The molecule has 1 amide bonds. The molecule has 2 aromatic carbocycles. The fourth-order valence-electron chi connectivity index (χ4n) is 3.26. The van der Waals surface area contributed by atoms with Crippen LogP contribution in [0.5, 0.6) is 5.75 Å². The number of unbranched alkanes of at least 4 members (excludes halogenated alkanes) is 1. The fraction of sp³-hybridized carbons (Fsp3) is 0.292. The lowest BCUT2D eigenvalue weighted by Crippen LogP contribution is -2.31. The van der Waals surface area contributed by atoms with Gasteiger partial charge in [-0.05, 0) is 68.4 Å². The maximum atomic E-state index is 14.6. The van der Waals surface area contributed by atoms with Crippen molar-refractivity contribution in [3.63, 3.8) is 0 Å². The highest BCUT2D eigenvalue weighted by atomic mass is 35.5. The van der Waals surface area contributed by atoms with Gasteiger partial charge in [-0.3, -0.25) is 4.90 Å². The predicted molar refractivity (Wildman–Crippen MR) is 119 cm³/mol. The molecule has 6 heteroatoms. The van der Waals surface area contributed by atoms with Gasteiger partial charge in [0.2, 0.25) is 0 Å². The first-order chi connectivity index (χ1) is 14.5. The molecule has 30 heavy (non-hydrogen) atoms. The molecule has 0 bridgehead atoms. The molecule has 156 valence electrons. The number of halogens is 2. The number of nitrogens with zero attached hydrogens (tertiary/aromatic N) is 2. The molecule has 2 aromatic rings. The van der Waals surface area contributed by atoms with E-state index >= 15 is 0 Å². The quantitative estimate of drug-likeness (QED) is 0.357. The molecule has 3 rings (SSSR count). The van der Waals surface area contributed by atoms with Crippen molar-refractivity contribution in [1.82, 2.24) is 4.90 Å². The van der Waals surface area contributed by atoms with Gasteiger partial charge in [0.1, 0.15) is 11.6 Å². The van der Waals surface area contributed by atoms with Gasteiger partial charge in [-0.25, -0.2) is 9.18 Å². The Morgan fingerprint density at radius 2 is 2.13 bits per heavy atom. The van der Waals surface area contributed by atoms with Crippen molar-refractivity contribution in [1.29, 1.82) is 0 Å². The van der Waals surface area contributed by atoms with Crippen molar-refractivity contribution >= 4 is 23.4 Å². The smallest absolute Gasteiger partial charge is 0.410 e. The van der Waals surface area contributed by atoms with Gasteiger partial charge in [0.25, 0.3) is 0 Å². The number of ether oxygens (including phenoxy) is 1. The third-order valence-electron chi connectivity index (χ3n) is 4.81. The van der Waals surface area contributed by atoms with Crippen molar-refractivity contribution in [2.75, 3.05) is 31.6 Å². The molecule has 0 spiro atoms. The van der Waals surface area contributed by atoms with Crippen LogP contribution < -0.4 is 9.64 Å². The highest BCUT2D eigenvalue weighted by molar-refractivity contribution is 6.30. The Labute approximate surface area is 181 Å². The van der Waals surface area contributed by atoms with Gasteiger partial charge < -0.3 is 9.64 Å². The van der Waals surface area contributed by atoms with E-state index in [1.165, 1.54) is 11.0 Å². The average Bonchev–Trinajstić information content (AvgIpc) is 3.12. The molecule has 0 aliphatic carbocycles. The minimum Gasteiger partial charge on any atom is -0.410 e. The third kappa shape index (κ3) is 5.63. The number of benzene rings is 2. The molecule has 0 saturated heterocycles. The van der Waals surface area contributed by atoms with Gasteiger partial charge in [0.15, 0.2) is 0 Å². The Bertz CT molecular complexity index is 979. The molecule has 0 atom stereocenters. The van der Waals surface area contributed by atoms with E-state index in [0.29, 0.717) is 41.4 Å². The molecule has 0 aromatic heterocycles. The number of carbonyl (C=O) groups excluding carboxylic acids is 1. The zero-order chi connectivity index (χ0) is 21.5. The Balaban J connectivity index is 1.63. The number of likely N-dealkylation sites (N-methyl/N-ethyl adjacent to an activating group) is 1. The molecule has 0 N–H and O–H groups in total. The SMILES string of the molecule is C=CCN(C)CCCC#Cc1cc2c(cc1F)N(C(=O)Oc1ccc(Cl)cc1)CC2. The second-order valence-corrected chi connectivity index (χ2v) is 7.58. The van der Waals surface area contributed by atoms with Crippen LogP contribution in [0.15, 0.2) is 49.1 Å². The van der Waals surface area contributed by atoms with E-state index in [-0.39, 0.29) is 0 Å². The zero-order valence-corrected chi connectivity index (χ0v) is 17.7. The second kappa shape index (κ2) is 10.3. The lowest BCUT2D eigenvalue weighted by Gasteiger charge is -2.17. The molecule has 0 unspecified atom stereocenters. The van der Waals surface area contributed by atoms with Crippen LogP contribution >= 0.6 is 11.6 Å². The maximum absolute atomic E-state index is 14.6. The monoisotopic (exact) mass is 426 g/mol. The molecule has 1 aliphatic heterocycles. The molecule has 1 heterocycles. The standard InChI is InChI=1S/C24H24ClFN2O2/c1-3-13-27(2)14-6-4-5-7-18-16-19-12-15-28(23(19)17-22(18)26)24(29)30-21-10-8-20(25)9-11-21/h3,8-11,16-17H,1,4,6,12-15H2,2H3. The fourth-order valence-corrected chi connectivity index (χ4v) is 3.39. The van der Waals surface area contributed by atoms with E-state index in [0.717, 1.165) is 25.1 Å². The normalized spacial score (nSPS) is 12.3. The highest BCUT2D eigenvalue weighted by Crippen LogP contribution is 2.31. The van der Waals surface area contributed by atoms with Crippen LogP contribution in [0.1, 0.15) is 24.0 Å². The number of hydrogen-bond acceptors (Lipinski definition) is 3. The van der Waals surface area contributed by atoms with Crippen LogP contribution in [0.2, 0.25) is 5.02 Å². The highest BCUT2D eigenvalue weighted by Gasteiger charge is 2.27. The van der Waals surface area contributed by atoms with Crippen LogP contribution in [0, 0.1) is 17.7 Å². The summed E-state index contributed by atoms with van der Waals surface area (Å²) in [6.45, 7) is 5.90. The maximum Gasteiger partial charge on any atom is 0.419 e. The Morgan fingerprint density at radius 3 is 2.87 bits per heavy atom. The largest absolute Gasteiger partial charge is 0.419 e. The minimum absolute atomic E-state index is 0.362. The zero-order valence-electron chi connectivity index (χ0n) is 17.0. The summed E-state index contributed by atoms with van der Waals surface area (Å²) in [4.78, 5) is 16.1. The number of anilines is 1. The average molecular weight is 427 g/mol. The minimum atomic E-state index is -0.544. The Hall–Kier alpha value is -2.81. The van der Waals surface area contributed by atoms with Gasteiger partial charge in [0.05, 0.1) is 11.3 Å². The second-order valence-electron chi connectivity index (χ2n) is 7.14. The van der Waals surface area contributed by atoms with E-state index in [1.54, 1.807) is 30.3 Å². The van der Waals surface area contributed by atoms with E-state index < -0.39 is 11.9 Å². The van der Waals surface area contributed by atoms with E-state index in [9.17, 15) is 9.18 Å². The van der Waals surface area contributed by atoms with Gasteiger partial charge >= 0.3 is 6.09 Å². The van der Waals surface area contributed by atoms with Crippen LogP contribution in [0.3, 0.4) is 0 Å². The summed E-state index contributed by atoms with van der Waals surface area (Å²) >= 11 is 5.85. The lowest BCUT2D eigenvalue weighted by molar-refractivity contribution is 0.208. The summed E-state index contributed by atoms with van der Waals surface area (Å²) in [5.41, 5.74) is 1.78. The Morgan fingerprint density at radius 1 is 1.37 bits per heavy atom. The summed E-state index contributed by atoms with van der Waals surface area (Å²) in [5, 5.41) is 0.556. The van der Waals surface area contributed by atoms with E-state index in [1.807, 2.05) is 13.1 Å². The van der Waals surface area contributed by atoms with Gasteiger partial charge in [0, 0.05) is 24.5 Å². The van der Waals surface area contributed by atoms with Gasteiger partial charge in [-0.1, -0.05) is 29.5 Å². The third-order valence-corrected chi connectivity index (χ3v) is 5.06. The number of fused-ring (bicyclic) bond motifs is 1. The molecule has 0 saturated carbocycles. The van der Waals surface area contributed by atoms with Gasteiger partial charge in [-0.2, -0.15) is 0 Å². The Kier molecular flexibility index (Phi) is 7.51. The molecular weight excluding hydrogens is 403 g/mol. The summed E-state index contributed by atoms with van der Waals surface area (Å²) in [6.07, 6.45) is 3.55. The first kappa shape index (κ1) is 21.9. The van der Waals surface area contributed by atoms with Crippen LogP contribution in [0.4, 0.5) is 14.9 Å². The van der Waals surface area contributed by atoms with Crippen molar-refractivity contribution in [3.8, 4) is 17.6 Å². The number of hydrogen-bond donors (Lipinski definition) is 0. The number of carbonyl (C=O) groups is 1. The number of amides is 1. The van der Waals surface area contributed by atoms with Gasteiger partial charge in [-0.15, -0.1) is 6.58 Å². The summed E-state index contributed by atoms with van der Waals surface area (Å²) in [7, 11) is 2.03. The predicted octanol–water partition coefficient (Wildman–Crippen LogP) is 5.29. The summed E-state index contributed by atoms with van der Waals surface area (Å²) in [6, 6.07) is 9.62. The first-order valence-corrected chi connectivity index (χ1v) is 10.2. The summed E-state index contributed by atoms with van der Waals surface area (Å²) < 4.78 is 20.0. The number of rotatable bonds is 6. The van der Waals surface area contributed by atoms with E-state index in [4.69, 9.17) is 16.3 Å². The lowest BCUT2D eigenvalue weighted by atomic mass is 10.1. The molecule has 0 radical (unpaired) electrons. The molecule has 0 fully saturated rings. The van der Waals surface area contributed by atoms with Crippen LogP contribution in [0.25, 0.3) is 0 Å². The molecule has 1 aliphatic rings. The molecular formula is C24H24ClFN2O2. The summed E-state index contributed by atoms with van der Waals surface area (Å²) in [5.74, 6) is 5.92. The van der Waals surface area contributed by atoms with Crippen LogP contribution in [-0.2, 0) is 6.42 Å². The van der Waals surface area contributed by atoms with Crippen molar-refractivity contribution in [2.45, 2.75) is 19.3 Å². The van der Waals surface area contributed by atoms with Crippen LogP contribution in [-0.4, -0.2) is 37.7 Å². The first-order valence-electron chi connectivity index (χ1n) is 9.83. The van der Waals surface area contributed by atoms with Crippen molar-refractivity contribution < 1.29 is 13.9 Å². The van der Waals surface area contributed by atoms with E-state index in [2.05, 4.69) is 23.3 Å². The topological polar surface area (TPSA) is 32.8 Å². The van der Waals surface area contributed by atoms with Crippen molar-refractivity contribution in [2.24, 2.45) is 0 Å².